The molecular formula is C29H23N5O2. The Kier molecular flexibility index (Phi) is 6.90. The highest BCUT2D eigenvalue weighted by Crippen LogP contribution is 2.21. The molecule has 0 aliphatic rings. The van der Waals surface area contributed by atoms with Crippen LogP contribution in [0.2, 0.25) is 0 Å². The molecule has 1 heterocycles. The first kappa shape index (κ1) is 22.7. The second kappa shape index (κ2) is 10.9. The topological polar surface area (TPSA) is 81.4 Å². The third kappa shape index (κ3) is 5.53. The lowest BCUT2D eigenvalue weighted by molar-refractivity contribution is 0.0945. The van der Waals surface area contributed by atoms with Gasteiger partial charge in [0.25, 0.3) is 0 Å². The number of hydrogen-bond donors (Lipinski definition) is 1. The molecule has 0 saturated heterocycles. The van der Waals surface area contributed by atoms with Gasteiger partial charge in [0.2, 0.25) is 5.82 Å². The Labute approximate surface area is 208 Å². The van der Waals surface area contributed by atoms with Crippen molar-refractivity contribution >= 4 is 12.1 Å². The van der Waals surface area contributed by atoms with E-state index in [2.05, 4.69) is 20.6 Å². The maximum atomic E-state index is 12.8. The summed E-state index contributed by atoms with van der Waals surface area (Å²) in [4.78, 5) is 17.2. The fourth-order valence-electron chi connectivity index (χ4n) is 3.54. The van der Waals surface area contributed by atoms with Gasteiger partial charge in [-0.1, -0.05) is 78.9 Å². The fourth-order valence-corrected chi connectivity index (χ4v) is 3.54. The molecule has 0 saturated carbocycles. The summed E-state index contributed by atoms with van der Waals surface area (Å²) in [5.74, 6) is 0.853. The molecule has 4 aromatic carbocycles. The van der Waals surface area contributed by atoms with Gasteiger partial charge in [-0.25, -0.2) is 15.1 Å². The molecule has 176 valence electrons. The van der Waals surface area contributed by atoms with Crippen LogP contribution in [0.4, 0.5) is 0 Å². The number of hydrogen-bond acceptors (Lipinski definition) is 5. The van der Waals surface area contributed by atoms with Gasteiger partial charge in [0.1, 0.15) is 12.4 Å². The number of para-hydroxylation sites is 1. The Bertz CT molecular complexity index is 1390. The first-order chi connectivity index (χ1) is 17.8. The van der Waals surface area contributed by atoms with E-state index in [0.717, 1.165) is 28.1 Å². The van der Waals surface area contributed by atoms with Gasteiger partial charge >= 0.3 is 5.91 Å². The standard InChI is InChI=1S/C29H23N5O2/c35-29(32-30-20-22-16-18-26(19-17-22)36-21-23-10-4-1-5-11-23)27-31-28(24-12-6-2-7-13-24)34(33-27)25-14-8-3-9-15-25/h1-20H,21H2,(H,32,35)/b30-20+. The second-order valence-electron chi connectivity index (χ2n) is 7.91. The van der Waals surface area contributed by atoms with Crippen molar-refractivity contribution in [3.63, 3.8) is 0 Å². The molecule has 0 aliphatic carbocycles. The Morgan fingerprint density at radius 1 is 0.833 bits per heavy atom. The number of carbonyl (C=O) groups excluding carboxylic acids is 1. The molecule has 7 heteroatoms. The van der Waals surface area contributed by atoms with Crippen LogP contribution in [-0.2, 0) is 6.61 Å². The number of amides is 1. The van der Waals surface area contributed by atoms with Crippen molar-refractivity contribution < 1.29 is 9.53 Å². The number of aromatic nitrogens is 3. The molecular weight excluding hydrogens is 450 g/mol. The van der Waals surface area contributed by atoms with E-state index in [4.69, 9.17) is 4.74 Å². The molecule has 1 N–H and O–H groups in total. The number of carbonyl (C=O) groups is 1. The van der Waals surface area contributed by atoms with E-state index in [-0.39, 0.29) is 5.82 Å². The van der Waals surface area contributed by atoms with Crippen molar-refractivity contribution in [2.24, 2.45) is 5.10 Å². The van der Waals surface area contributed by atoms with E-state index in [9.17, 15) is 4.79 Å². The molecule has 0 aliphatic heterocycles. The third-order valence-corrected chi connectivity index (χ3v) is 5.35. The molecule has 5 rings (SSSR count). The van der Waals surface area contributed by atoms with Gasteiger partial charge in [0.15, 0.2) is 5.82 Å². The summed E-state index contributed by atoms with van der Waals surface area (Å²) in [7, 11) is 0. The molecule has 36 heavy (non-hydrogen) atoms. The zero-order valence-electron chi connectivity index (χ0n) is 19.4. The number of nitrogens with one attached hydrogen (secondary N) is 1. The summed E-state index contributed by atoms with van der Waals surface area (Å²) in [5.41, 5.74) is 6.09. The molecule has 0 unspecified atom stereocenters. The van der Waals surface area contributed by atoms with E-state index in [1.807, 2.05) is 115 Å². The highest BCUT2D eigenvalue weighted by Gasteiger charge is 2.18. The zero-order valence-corrected chi connectivity index (χ0v) is 19.4. The smallest absolute Gasteiger partial charge is 0.311 e. The normalized spacial score (nSPS) is 10.9. The number of rotatable bonds is 8. The number of benzene rings is 4. The Morgan fingerprint density at radius 3 is 2.17 bits per heavy atom. The molecule has 0 bridgehead atoms. The van der Waals surface area contributed by atoms with Gasteiger partial charge in [-0.05, 0) is 47.5 Å². The zero-order chi connectivity index (χ0) is 24.6. The van der Waals surface area contributed by atoms with Gasteiger partial charge in [-0.3, -0.25) is 4.79 Å². The summed E-state index contributed by atoms with van der Waals surface area (Å²) in [5, 5.41) is 8.51. The summed E-state index contributed by atoms with van der Waals surface area (Å²) >= 11 is 0. The van der Waals surface area contributed by atoms with Crippen molar-refractivity contribution in [3.8, 4) is 22.8 Å². The summed E-state index contributed by atoms with van der Waals surface area (Å²) in [6, 6.07) is 36.6. The summed E-state index contributed by atoms with van der Waals surface area (Å²) in [6.07, 6.45) is 1.56. The van der Waals surface area contributed by atoms with Gasteiger partial charge in [0.05, 0.1) is 11.9 Å². The van der Waals surface area contributed by atoms with Crippen molar-refractivity contribution in [1.29, 1.82) is 0 Å². The average Bonchev–Trinajstić information content (AvgIpc) is 3.40. The summed E-state index contributed by atoms with van der Waals surface area (Å²) in [6.45, 7) is 0.498. The largest absolute Gasteiger partial charge is 0.489 e. The predicted molar refractivity (Wildman–Crippen MR) is 139 cm³/mol. The van der Waals surface area contributed by atoms with Crippen molar-refractivity contribution in [2.75, 3.05) is 0 Å². The van der Waals surface area contributed by atoms with E-state index in [1.54, 1.807) is 10.9 Å². The van der Waals surface area contributed by atoms with Crippen LogP contribution in [0.5, 0.6) is 5.75 Å². The summed E-state index contributed by atoms with van der Waals surface area (Å²) < 4.78 is 7.46. The van der Waals surface area contributed by atoms with Crippen LogP contribution in [-0.4, -0.2) is 26.9 Å². The molecule has 1 aromatic heterocycles. The van der Waals surface area contributed by atoms with Crippen LogP contribution in [0.3, 0.4) is 0 Å². The molecule has 0 spiro atoms. The predicted octanol–water partition coefficient (Wildman–Crippen LogP) is 5.28. The van der Waals surface area contributed by atoms with E-state index in [1.165, 1.54) is 0 Å². The van der Waals surface area contributed by atoms with E-state index in [0.29, 0.717) is 12.4 Å². The highest BCUT2D eigenvalue weighted by atomic mass is 16.5. The third-order valence-electron chi connectivity index (χ3n) is 5.35. The van der Waals surface area contributed by atoms with Crippen LogP contribution >= 0.6 is 0 Å². The van der Waals surface area contributed by atoms with Crippen LogP contribution in [0.25, 0.3) is 17.1 Å². The highest BCUT2D eigenvalue weighted by molar-refractivity contribution is 5.92. The van der Waals surface area contributed by atoms with Crippen LogP contribution in [0.15, 0.2) is 120 Å². The Balaban J connectivity index is 1.26. The van der Waals surface area contributed by atoms with Gasteiger partial charge in [-0.15, -0.1) is 5.10 Å². The monoisotopic (exact) mass is 473 g/mol. The molecule has 0 atom stereocenters. The lowest BCUT2D eigenvalue weighted by Crippen LogP contribution is -2.19. The van der Waals surface area contributed by atoms with Crippen molar-refractivity contribution in [3.05, 3.63) is 132 Å². The lowest BCUT2D eigenvalue weighted by Gasteiger charge is -2.06. The average molecular weight is 474 g/mol. The fraction of sp³-hybridized carbons (Fsp3) is 0.0345. The van der Waals surface area contributed by atoms with Gasteiger partial charge in [0, 0.05) is 5.56 Å². The number of nitrogens with zero attached hydrogens (tertiary/aromatic N) is 4. The lowest BCUT2D eigenvalue weighted by atomic mass is 10.2. The van der Waals surface area contributed by atoms with E-state index >= 15 is 0 Å². The van der Waals surface area contributed by atoms with Gasteiger partial charge in [-0.2, -0.15) is 5.10 Å². The number of ether oxygens (including phenoxy) is 1. The van der Waals surface area contributed by atoms with Crippen LogP contribution < -0.4 is 10.2 Å². The molecule has 1 amide bonds. The Morgan fingerprint density at radius 2 is 1.47 bits per heavy atom. The second-order valence-corrected chi connectivity index (χ2v) is 7.91. The van der Waals surface area contributed by atoms with Crippen molar-refractivity contribution in [2.45, 2.75) is 6.61 Å². The minimum atomic E-state index is -0.499. The van der Waals surface area contributed by atoms with Crippen LogP contribution in [0.1, 0.15) is 21.7 Å². The minimum absolute atomic E-state index is 0.0273. The van der Waals surface area contributed by atoms with Crippen molar-refractivity contribution in [1.82, 2.24) is 20.2 Å². The SMILES string of the molecule is O=C(N/N=C/c1ccc(OCc2ccccc2)cc1)c1nc(-c2ccccc2)n(-c2ccccc2)n1. The Hall–Kier alpha value is -5.04. The first-order valence-electron chi connectivity index (χ1n) is 11.4. The molecule has 0 fully saturated rings. The quantitative estimate of drug-likeness (QED) is 0.246. The molecule has 0 radical (unpaired) electrons. The maximum Gasteiger partial charge on any atom is 0.311 e. The van der Waals surface area contributed by atoms with Gasteiger partial charge < -0.3 is 4.74 Å². The first-order valence-corrected chi connectivity index (χ1v) is 11.4. The van der Waals surface area contributed by atoms with Crippen LogP contribution in [0, 0.1) is 0 Å². The molecule has 7 nitrogen and oxygen atoms in total. The van der Waals surface area contributed by atoms with E-state index < -0.39 is 5.91 Å². The number of hydrazone groups is 1. The molecule has 5 aromatic rings. The maximum absolute atomic E-state index is 12.8. The minimum Gasteiger partial charge on any atom is -0.489 e.